The van der Waals surface area contributed by atoms with E-state index >= 15 is 0 Å². The van der Waals surface area contributed by atoms with Gasteiger partial charge in [-0.1, -0.05) is 23.7 Å². The molecule has 2 amide bonds. The van der Waals surface area contributed by atoms with Crippen LogP contribution in [-0.2, 0) is 6.42 Å². The molecular formula is C20H22ClN3O2. The highest BCUT2D eigenvalue weighted by molar-refractivity contribution is 6.30. The zero-order valence-electron chi connectivity index (χ0n) is 14.6. The lowest BCUT2D eigenvalue weighted by Gasteiger charge is -2.26. The minimum absolute atomic E-state index is 0.0967. The van der Waals surface area contributed by atoms with Gasteiger partial charge in [-0.2, -0.15) is 0 Å². The van der Waals surface area contributed by atoms with E-state index in [0.29, 0.717) is 29.2 Å². The van der Waals surface area contributed by atoms with Crippen LogP contribution in [0.5, 0.6) is 0 Å². The summed E-state index contributed by atoms with van der Waals surface area (Å²) in [6.07, 6.45) is 5.44. The lowest BCUT2D eigenvalue weighted by Crippen LogP contribution is -2.36. The summed E-state index contributed by atoms with van der Waals surface area (Å²) in [5.74, 6) is -0.297. The van der Waals surface area contributed by atoms with Gasteiger partial charge < -0.3 is 10.2 Å². The topological polar surface area (TPSA) is 62.3 Å². The largest absolute Gasteiger partial charge is 0.352 e. The number of nitrogens with one attached hydrogen (secondary N) is 1. The van der Waals surface area contributed by atoms with Crippen LogP contribution in [0.25, 0.3) is 0 Å². The number of halogens is 1. The van der Waals surface area contributed by atoms with E-state index in [1.54, 1.807) is 12.1 Å². The predicted octanol–water partition coefficient (Wildman–Crippen LogP) is 3.33. The van der Waals surface area contributed by atoms with E-state index in [1.807, 2.05) is 29.2 Å². The number of amides is 2. The number of hydrogen-bond acceptors (Lipinski definition) is 3. The van der Waals surface area contributed by atoms with E-state index in [4.69, 9.17) is 11.6 Å². The van der Waals surface area contributed by atoms with Crippen LogP contribution in [0.15, 0.2) is 42.6 Å². The Labute approximate surface area is 158 Å². The molecule has 136 valence electrons. The fourth-order valence-corrected chi connectivity index (χ4v) is 3.15. The molecule has 0 bridgehead atoms. The molecule has 0 unspecified atom stereocenters. The monoisotopic (exact) mass is 371 g/mol. The summed E-state index contributed by atoms with van der Waals surface area (Å²) >= 11 is 5.87. The molecule has 1 aliphatic rings. The Hall–Kier alpha value is -2.40. The summed E-state index contributed by atoms with van der Waals surface area (Å²) in [6, 6.07) is 10.8. The molecule has 0 aliphatic carbocycles. The summed E-state index contributed by atoms with van der Waals surface area (Å²) in [5.41, 5.74) is 1.89. The third-order valence-electron chi connectivity index (χ3n) is 4.50. The van der Waals surface area contributed by atoms with Gasteiger partial charge in [-0.25, -0.2) is 0 Å². The highest BCUT2D eigenvalue weighted by Gasteiger charge is 2.20. The van der Waals surface area contributed by atoms with Crippen molar-refractivity contribution in [2.75, 3.05) is 19.6 Å². The van der Waals surface area contributed by atoms with Crippen molar-refractivity contribution in [1.82, 2.24) is 15.2 Å². The average Bonchev–Trinajstić information content (AvgIpc) is 2.69. The van der Waals surface area contributed by atoms with E-state index < -0.39 is 0 Å². The fourth-order valence-electron chi connectivity index (χ4n) is 3.02. The summed E-state index contributed by atoms with van der Waals surface area (Å²) in [6.45, 7) is 2.04. The first-order chi connectivity index (χ1) is 12.6. The predicted molar refractivity (Wildman–Crippen MR) is 101 cm³/mol. The van der Waals surface area contributed by atoms with Crippen molar-refractivity contribution in [2.24, 2.45) is 0 Å². The molecule has 0 radical (unpaired) electrons. The second-order valence-electron chi connectivity index (χ2n) is 6.41. The highest BCUT2D eigenvalue weighted by Crippen LogP contribution is 2.13. The zero-order chi connectivity index (χ0) is 18.4. The first kappa shape index (κ1) is 18.4. The number of carbonyl (C=O) groups is 2. The van der Waals surface area contributed by atoms with Crippen molar-refractivity contribution in [2.45, 2.75) is 25.7 Å². The zero-order valence-corrected chi connectivity index (χ0v) is 15.3. The molecule has 1 aliphatic heterocycles. The SMILES string of the molecule is O=C(NCCc1ccc(Cl)cc1)c1ccnc(C(=O)N2CCCCC2)c1. The average molecular weight is 372 g/mol. The summed E-state index contributed by atoms with van der Waals surface area (Å²) < 4.78 is 0. The van der Waals surface area contributed by atoms with Gasteiger partial charge in [-0.05, 0) is 55.5 Å². The van der Waals surface area contributed by atoms with Gasteiger partial charge in [0.15, 0.2) is 0 Å². The van der Waals surface area contributed by atoms with Crippen LogP contribution < -0.4 is 5.32 Å². The van der Waals surface area contributed by atoms with Gasteiger partial charge in [-0.3, -0.25) is 14.6 Å². The summed E-state index contributed by atoms with van der Waals surface area (Å²) in [7, 11) is 0. The number of pyridine rings is 1. The van der Waals surface area contributed by atoms with Crippen molar-refractivity contribution in [3.05, 3.63) is 64.4 Å². The van der Waals surface area contributed by atoms with Crippen molar-refractivity contribution < 1.29 is 9.59 Å². The van der Waals surface area contributed by atoms with E-state index in [2.05, 4.69) is 10.3 Å². The van der Waals surface area contributed by atoms with E-state index in [9.17, 15) is 9.59 Å². The number of nitrogens with zero attached hydrogens (tertiary/aromatic N) is 2. The Balaban J connectivity index is 1.57. The molecule has 1 saturated heterocycles. The molecule has 0 saturated carbocycles. The minimum atomic E-state index is -0.200. The molecule has 1 fully saturated rings. The van der Waals surface area contributed by atoms with Crippen LogP contribution >= 0.6 is 11.6 Å². The van der Waals surface area contributed by atoms with Crippen LogP contribution in [0.1, 0.15) is 45.7 Å². The second kappa shape index (κ2) is 8.81. The molecule has 0 spiro atoms. The normalized spacial score (nSPS) is 14.1. The van der Waals surface area contributed by atoms with Crippen LogP contribution in [0.3, 0.4) is 0 Å². The maximum atomic E-state index is 12.5. The number of aromatic nitrogens is 1. The third-order valence-corrected chi connectivity index (χ3v) is 4.75. The molecule has 2 heterocycles. The number of benzene rings is 1. The number of rotatable bonds is 5. The molecular weight excluding hydrogens is 350 g/mol. The fraction of sp³-hybridized carbons (Fsp3) is 0.350. The number of carbonyl (C=O) groups excluding carboxylic acids is 2. The van der Waals surface area contributed by atoms with E-state index in [-0.39, 0.29) is 11.8 Å². The lowest BCUT2D eigenvalue weighted by atomic mass is 10.1. The van der Waals surface area contributed by atoms with E-state index in [0.717, 1.165) is 37.9 Å². The van der Waals surface area contributed by atoms with Crippen molar-refractivity contribution in [3.8, 4) is 0 Å². The number of piperidine rings is 1. The number of hydrogen-bond donors (Lipinski definition) is 1. The van der Waals surface area contributed by atoms with Crippen molar-refractivity contribution in [3.63, 3.8) is 0 Å². The van der Waals surface area contributed by atoms with Crippen LogP contribution in [-0.4, -0.2) is 41.3 Å². The maximum absolute atomic E-state index is 12.5. The van der Waals surface area contributed by atoms with Gasteiger partial charge in [0.2, 0.25) is 0 Å². The van der Waals surface area contributed by atoms with Crippen LogP contribution in [0.4, 0.5) is 0 Å². The molecule has 2 aromatic rings. The van der Waals surface area contributed by atoms with Crippen LogP contribution in [0, 0.1) is 0 Å². The first-order valence-corrected chi connectivity index (χ1v) is 9.29. The van der Waals surface area contributed by atoms with Crippen LogP contribution in [0.2, 0.25) is 5.02 Å². The minimum Gasteiger partial charge on any atom is -0.352 e. The quantitative estimate of drug-likeness (QED) is 0.876. The van der Waals surface area contributed by atoms with Gasteiger partial charge in [0.1, 0.15) is 5.69 Å². The lowest BCUT2D eigenvalue weighted by molar-refractivity contribution is 0.0718. The highest BCUT2D eigenvalue weighted by atomic mass is 35.5. The maximum Gasteiger partial charge on any atom is 0.272 e. The van der Waals surface area contributed by atoms with Gasteiger partial charge in [0, 0.05) is 36.4 Å². The Bertz CT molecular complexity index is 771. The van der Waals surface area contributed by atoms with Gasteiger partial charge >= 0.3 is 0 Å². The number of likely N-dealkylation sites (tertiary alicyclic amines) is 1. The van der Waals surface area contributed by atoms with Crippen molar-refractivity contribution >= 4 is 23.4 Å². The molecule has 1 aromatic carbocycles. The Morgan fingerprint density at radius 2 is 1.81 bits per heavy atom. The van der Waals surface area contributed by atoms with Gasteiger partial charge in [-0.15, -0.1) is 0 Å². The molecule has 5 nitrogen and oxygen atoms in total. The van der Waals surface area contributed by atoms with Gasteiger partial charge in [0.05, 0.1) is 0 Å². The first-order valence-electron chi connectivity index (χ1n) is 8.91. The Morgan fingerprint density at radius 3 is 2.54 bits per heavy atom. The molecule has 26 heavy (non-hydrogen) atoms. The van der Waals surface area contributed by atoms with Crippen molar-refractivity contribution in [1.29, 1.82) is 0 Å². The van der Waals surface area contributed by atoms with Gasteiger partial charge in [0.25, 0.3) is 11.8 Å². The second-order valence-corrected chi connectivity index (χ2v) is 6.85. The third kappa shape index (κ3) is 4.82. The Morgan fingerprint density at radius 1 is 1.08 bits per heavy atom. The summed E-state index contributed by atoms with van der Waals surface area (Å²) in [5, 5.41) is 3.58. The molecule has 6 heteroatoms. The molecule has 1 aromatic heterocycles. The van der Waals surface area contributed by atoms with E-state index in [1.165, 1.54) is 6.20 Å². The Kier molecular flexibility index (Phi) is 6.23. The smallest absolute Gasteiger partial charge is 0.272 e. The molecule has 0 atom stereocenters. The molecule has 1 N–H and O–H groups in total. The standard InChI is InChI=1S/C20H22ClN3O2/c21-17-6-4-15(5-7-17)8-10-23-19(25)16-9-11-22-18(14-16)20(26)24-12-2-1-3-13-24/h4-7,9,11,14H,1-3,8,10,12-13H2,(H,23,25). The summed E-state index contributed by atoms with van der Waals surface area (Å²) in [4.78, 5) is 30.8. The molecule has 3 rings (SSSR count).